The van der Waals surface area contributed by atoms with Crippen LogP contribution in [-0.4, -0.2) is 23.9 Å². The van der Waals surface area contributed by atoms with Crippen molar-refractivity contribution < 1.29 is 4.79 Å². The van der Waals surface area contributed by atoms with Gasteiger partial charge in [-0.05, 0) is 29.4 Å². The van der Waals surface area contributed by atoms with Gasteiger partial charge in [0, 0.05) is 19.0 Å². The smallest absolute Gasteiger partial charge is 0.220 e. The molecular weight excluding hydrogens is 274 g/mol. The standard InChI is InChI=1S/C18H25N3O/c1-18(2,3)15-6-4-13(5-7-15)16(12-19)21-10-8-14(9-11-21)17(20)22/h4-7,14,16H,8-11H2,1-3H3,(H2,20,22). The van der Waals surface area contributed by atoms with Gasteiger partial charge in [0.15, 0.2) is 0 Å². The van der Waals surface area contributed by atoms with Crippen LogP contribution in [0.3, 0.4) is 0 Å². The first-order chi connectivity index (χ1) is 10.3. The number of piperidine rings is 1. The molecule has 1 aliphatic rings. The van der Waals surface area contributed by atoms with Crippen molar-refractivity contribution in [1.29, 1.82) is 5.26 Å². The van der Waals surface area contributed by atoms with Gasteiger partial charge in [-0.1, -0.05) is 45.0 Å². The van der Waals surface area contributed by atoms with E-state index in [4.69, 9.17) is 5.73 Å². The number of nitrogens with zero attached hydrogens (tertiary/aromatic N) is 2. The summed E-state index contributed by atoms with van der Waals surface area (Å²) in [5.41, 5.74) is 7.76. The zero-order valence-electron chi connectivity index (χ0n) is 13.7. The molecule has 0 aliphatic carbocycles. The number of rotatable bonds is 3. The second-order valence-electron chi connectivity index (χ2n) is 7.12. The molecule has 1 saturated heterocycles. The molecule has 1 fully saturated rings. The molecule has 1 aliphatic heterocycles. The summed E-state index contributed by atoms with van der Waals surface area (Å²) in [6, 6.07) is 10.5. The molecule has 0 aromatic heterocycles. The van der Waals surface area contributed by atoms with Crippen LogP contribution < -0.4 is 5.73 Å². The molecule has 1 amide bonds. The van der Waals surface area contributed by atoms with Gasteiger partial charge in [-0.3, -0.25) is 9.69 Å². The highest BCUT2D eigenvalue weighted by molar-refractivity contribution is 5.76. The van der Waals surface area contributed by atoms with E-state index in [1.54, 1.807) is 0 Å². The van der Waals surface area contributed by atoms with E-state index in [9.17, 15) is 10.1 Å². The van der Waals surface area contributed by atoms with Gasteiger partial charge in [0.2, 0.25) is 5.91 Å². The minimum atomic E-state index is -0.247. The number of nitrogens with two attached hydrogens (primary N) is 1. The van der Waals surface area contributed by atoms with E-state index in [2.05, 4.69) is 56.0 Å². The summed E-state index contributed by atoms with van der Waals surface area (Å²) in [5, 5.41) is 9.55. The molecule has 1 atom stereocenters. The fraction of sp³-hybridized carbons (Fsp3) is 0.556. The molecule has 0 saturated carbocycles. The Morgan fingerprint density at radius 2 is 1.82 bits per heavy atom. The Bertz CT molecular complexity index is 557. The Labute approximate surface area is 132 Å². The van der Waals surface area contributed by atoms with Crippen molar-refractivity contribution >= 4 is 5.91 Å². The lowest BCUT2D eigenvalue weighted by Gasteiger charge is -2.33. The minimum absolute atomic E-state index is 0.0427. The lowest BCUT2D eigenvalue weighted by Crippen LogP contribution is -2.40. The quantitative estimate of drug-likeness (QED) is 0.933. The summed E-state index contributed by atoms with van der Waals surface area (Å²) >= 11 is 0. The van der Waals surface area contributed by atoms with E-state index in [0.717, 1.165) is 31.5 Å². The average molecular weight is 299 g/mol. The second-order valence-corrected chi connectivity index (χ2v) is 7.12. The highest BCUT2D eigenvalue weighted by atomic mass is 16.1. The van der Waals surface area contributed by atoms with Crippen molar-refractivity contribution in [2.75, 3.05) is 13.1 Å². The molecule has 1 unspecified atom stereocenters. The fourth-order valence-corrected chi connectivity index (χ4v) is 2.97. The third kappa shape index (κ3) is 3.66. The number of primary amides is 1. The molecule has 0 bridgehead atoms. The predicted molar refractivity (Wildman–Crippen MR) is 87.0 cm³/mol. The maximum Gasteiger partial charge on any atom is 0.220 e. The van der Waals surface area contributed by atoms with Crippen molar-refractivity contribution in [1.82, 2.24) is 4.90 Å². The van der Waals surface area contributed by atoms with Crippen molar-refractivity contribution in [3.8, 4) is 6.07 Å². The van der Waals surface area contributed by atoms with Gasteiger partial charge in [0.25, 0.3) is 0 Å². The molecule has 1 aromatic rings. The van der Waals surface area contributed by atoms with E-state index in [1.165, 1.54) is 5.56 Å². The van der Waals surface area contributed by atoms with E-state index >= 15 is 0 Å². The van der Waals surface area contributed by atoms with Crippen LogP contribution in [0.25, 0.3) is 0 Å². The summed E-state index contributed by atoms with van der Waals surface area (Å²) < 4.78 is 0. The summed E-state index contributed by atoms with van der Waals surface area (Å²) in [7, 11) is 0. The third-order valence-electron chi connectivity index (χ3n) is 4.51. The fourth-order valence-electron chi connectivity index (χ4n) is 2.97. The van der Waals surface area contributed by atoms with Crippen LogP contribution in [0.2, 0.25) is 0 Å². The molecule has 0 spiro atoms. The lowest BCUT2D eigenvalue weighted by atomic mass is 9.86. The molecule has 2 rings (SSSR count). The zero-order chi connectivity index (χ0) is 16.3. The van der Waals surface area contributed by atoms with Gasteiger partial charge >= 0.3 is 0 Å². The maximum absolute atomic E-state index is 11.2. The Hall–Kier alpha value is -1.86. The van der Waals surface area contributed by atoms with Gasteiger partial charge < -0.3 is 5.73 Å². The number of amides is 1. The molecule has 0 radical (unpaired) electrons. The molecule has 1 aromatic carbocycles. The maximum atomic E-state index is 11.2. The van der Waals surface area contributed by atoms with Gasteiger partial charge in [0.1, 0.15) is 6.04 Å². The highest BCUT2D eigenvalue weighted by Crippen LogP contribution is 2.28. The van der Waals surface area contributed by atoms with E-state index in [-0.39, 0.29) is 23.3 Å². The van der Waals surface area contributed by atoms with Gasteiger partial charge in [-0.15, -0.1) is 0 Å². The van der Waals surface area contributed by atoms with Crippen LogP contribution in [0.5, 0.6) is 0 Å². The largest absolute Gasteiger partial charge is 0.369 e. The zero-order valence-corrected chi connectivity index (χ0v) is 13.7. The average Bonchev–Trinajstić information content (AvgIpc) is 2.48. The van der Waals surface area contributed by atoms with Crippen LogP contribution in [-0.2, 0) is 10.2 Å². The molecule has 4 nitrogen and oxygen atoms in total. The first-order valence-corrected chi connectivity index (χ1v) is 7.86. The topological polar surface area (TPSA) is 70.1 Å². The normalized spacial score (nSPS) is 18.6. The minimum Gasteiger partial charge on any atom is -0.369 e. The number of carbonyl (C=O) groups is 1. The molecule has 118 valence electrons. The Kier molecular flexibility index (Phi) is 4.87. The number of carbonyl (C=O) groups excluding carboxylic acids is 1. The number of hydrogen-bond donors (Lipinski definition) is 1. The van der Waals surface area contributed by atoms with Crippen LogP contribution in [0.1, 0.15) is 50.8 Å². The van der Waals surface area contributed by atoms with Gasteiger partial charge in [0.05, 0.1) is 6.07 Å². The highest BCUT2D eigenvalue weighted by Gasteiger charge is 2.28. The predicted octanol–water partition coefficient (Wildman–Crippen LogP) is 2.75. The molecular formula is C18H25N3O. The Balaban J connectivity index is 2.10. The number of hydrogen-bond acceptors (Lipinski definition) is 3. The SMILES string of the molecule is CC(C)(C)c1ccc(C(C#N)N2CCC(C(N)=O)CC2)cc1. The van der Waals surface area contributed by atoms with Crippen molar-refractivity contribution in [2.45, 2.75) is 45.1 Å². The molecule has 4 heteroatoms. The number of benzene rings is 1. The molecule has 22 heavy (non-hydrogen) atoms. The van der Waals surface area contributed by atoms with E-state index < -0.39 is 0 Å². The Morgan fingerprint density at radius 3 is 2.23 bits per heavy atom. The van der Waals surface area contributed by atoms with Crippen molar-refractivity contribution in [3.05, 3.63) is 35.4 Å². The van der Waals surface area contributed by atoms with Crippen molar-refractivity contribution in [2.24, 2.45) is 11.7 Å². The summed E-state index contributed by atoms with van der Waals surface area (Å²) in [5.74, 6) is -0.262. The second kappa shape index (κ2) is 6.50. The number of nitriles is 1. The van der Waals surface area contributed by atoms with Crippen LogP contribution in [0, 0.1) is 17.2 Å². The molecule has 2 N–H and O–H groups in total. The van der Waals surface area contributed by atoms with Gasteiger partial charge in [-0.2, -0.15) is 5.26 Å². The van der Waals surface area contributed by atoms with Crippen molar-refractivity contribution in [3.63, 3.8) is 0 Å². The van der Waals surface area contributed by atoms with Crippen LogP contribution in [0.15, 0.2) is 24.3 Å². The van der Waals surface area contributed by atoms with Crippen LogP contribution in [0.4, 0.5) is 0 Å². The monoisotopic (exact) mass is 299 g/mol. The van der Waals surface area contributed by atoms with E-state index in [1.807, 2.05) is 0 Å². The van der Waals surface area contributed by atoms with E-state index in [0.29, 0.717) is 0 Å². The summed E-state index contributed by atoms with van der Waals surface area (Å²) in [4.78, 5) is 13.4. The number of likely N-dealkylation sites (tertiary alicyclic amines) is 1. The lowest BCUT2D eigenvalue weighted by molar-refractivity contribution is -0.123. The Morgan fingerprint density at radius 1 is 1.27 bits per heavy atom. The summed E-state index contributed by atoms with van der Waals surface area (Å²) in [6.07, 6.45) is 1.49. The third-order valence-corrected chi connectivity index (χ3v) is 4.51. The van der Waals surface area contributed by atoms with Crippen LogP contribution >= 0.6 is 0 Å². The molecule has 1 heterocycles. The first kappa shape index (κ1) is 16.5. The van der Waals surface area contributed by atoms with Gasteiger partial charge in [-0.25, -0.2) is 0 Å². The first-order valence-electron chi connectivity index (χ1n) is 7.86. The summed E-state index contributed by atoms with van der Waals surface area (Å²) in [6.45, 7) is 8.02.